The van der Waals surface area contributed by atoms with Crippen LogP contribution in [0.15, 0.2) is 47.4 Å². The van der Waals surface area contributed by atoms with Crippen molar-refractivity contribution in [2.75, 3.05) is 20.3 Å². The predicted octanol–water partition coefficient (Wildman–Crippen LogP) is 2.59. The molecule has 1 N–H and O–H groups in total. The van der Waals surface area contributed by atoms with Gasteiger partial charge >= 0.3 is 0 Å². The number of fused-ring (bicyclic) bond motifs is 1. The van der Waals surface area contributed by atoms with Gasteiger partial charge in [0.25, 0.3) is 0 Å². The van der Waals surface area contributed by atoms with Gasteiger partial charge in [-0.25, -0.2) is 13.1 Å². The van der Waals surface area contributed by atoms with E-state index in [-0.39, 0.29) is 17.3 Å². The van der Waals surface area contributed by atoms with Gasteiger partial charge in [-0.2, -0.15) is 4.31 Å². The highest BCUT2D eigenvalue weighted by atomic mass is 35.5. The highest BCUT2D eigenvalue weighted by molar-refractivity contribution is 7.89. The number of ether oxygens (including phenoxy) is 1. The third-order valence-corrected chi connectivity index (χ3v) is 7.81. The minimum atomic E-state index is -3.87. The van der Waals surface area contributed by atoms with Crippen molar-refractivity contribution >= 4 is 38.6 Å². The summed E-state index contributed by atoms with van der Waals surface area (Å²) in [6, 6.07) is 11.2. The first-order chi connectivity index (χ1) is 15.9. The second-order valence-electron chi connectivity index (χ2n) is 7.93. The van der Waals surface area contributed by atoms with E-state index in [0.717, 1.165) is 17.5 Å². The second-order valence-corrected chi connectivity index (χ2v) is 10.3. The lowest BCUT2D eigenvalue weighted by Crippen LogP contribution is -2.45. The van der Waals surface area contributed by atoms with E-state index in [1.165, 1.54) is 10.4 Å². The molecule has 2 aromatic carbocycles. The SMILES string of the molecule is COCCCn1nnc2cc(S(=O)(=O)N3CCC[C@@H]3C(=O)NCc3cccc(Cl)c3)ccc21. The number of aryl methyl sites for hydroxylation is 1. The third-order valence-electron chi connectivity index (χ3n) is 5.67. The van der Waals surface area contributed by atoms with Crippen LogP contribution >= 0.6 is 11.6 Å². The summed E-state index contributed by atoms with van der Waals surface area (Å²) >= 11 is 6.00. The molecule has 0 radical (unpaired) electrons. The zero-order valence-corrected chi connectivity index (χ0v) is 19.8. The van der Waals surface area contributed by atoms with E-state index in [0.29, 0.717) is 43.1 Å². The molecular formula is C22H26ClN5O4S. The number of hydrogen-bond acceptors (Lipinski definition) is 6. The minimum absolute atomic E-state index is 0.105. The Morgan fingerprint density at radius 3 is 2.91 bits per heavy atom. The van der Waals surface area contributed by atoms with Gasteiger partial charge in [0.2, 0.25) is 15.9 Å². The van der Waals surface area contributed by atoms with E-state index in [2.05, 4.69) is 15.6 Å². The number of sulfonamides is 1. The van der Waals surface area contributed by atoms with Crippen molar-refractivity contribution in [3.63, 3.8) is 0 Å². The molecule has 1 saturated heterocycles. The molecule has 3 aromatic rings. The molecule has 33 heavy (non-hydrogen) atoms. The second kappa shape index (κ2) is 10.2. The number of nitrogens with one attached hydrogen (secondary N) is 1. The summed E-state index contributed by atoms with van der Waals surface area (Å²) in [5.41, 5.74) is 2.10. The van der Waals surface area contributed by atoms with Crippen LogP contribution in [0.1, 0.15) is 24.8 Å². The smallest absolute Gasteiger partial charge is 0.243 e. The Hall–Kier alpha value is -2.53. The lowest BCUT2D eigenvalue weighted by atomic mass is 10.2. The number of carbonyl (C=O) groups is 1. The van der Waals surface area contributed by atoms with E-state index in [1.807, 2.05) is 6.07 Å². The molecule has 1 amide bonds. The maximum absolute atomic E-state index is 13.4. The van der Waals surface area contributed by atoms with Gasteiger partial charge in [0.05, 0.1) is 10.4 Å². The van der Waals surface area contributed by atoms with Crippen molar-refractivity contribution in [3.8, 4) is 0 Å². The van der Waals surface area contributed by atoms with Crippen LogP contribution in [0.2, 0.25) is 5.02 Å². The number of rotatable bonds is 9. The largest absolute Gasteiger partial charge is 0.385 e. The number of halogens is 1. The maximum Gasteiger partial charge on any atom is 0.243 e. The fraction of sp³-hybridized carbons (Fsp3) is 0.409. The molecular weight excluding hydrogens is 466 g/mol. The van der Waals surface area contributed by atoms with Crippen LogP contribution in [0.5, 0.6) is 0 Å². The summed E-state index contributed by atoms with van der Waals surface area (Å²) in [7, 11) is -2.23. The Morgan fingerprint density at radius 1 is 1.27 bits per heavy atom. The first-order valence-corrected chi connectivity index (χ1v) is 12.6. The summed E-state index contributed by atoms with van der Waals surface area (Å²) in [6.45, 7) is 1.79. The van der Waals surface area contributed by atoms with E-state index in [4.69, 9.17) is 16.3 Å². The number of methoxy groups -OCH3 is 1. The summed E-state index contributed by atoms with van der Waals surface area (Å²) in [5, 5.41) is 11.7. The zero-order chi connectivity index (χ0) is 23.4. The number of hydrogen-bond donors (Lipinski definition) is 1. The van der Waals surface area contributed by atoms with Gasteiger partial charge in [0.1, 0.15) is 11.6 Å². The zero-order valence-electron chi connectivity index (χ0n) is 18.3. The number of aromatic nitrogens is 3. The Kier molecular flexibility index (Phi) is 7.28. The van der Waals surface area contributed by atoms with Gasteiger partial charge in [0, 0.05) is 38.4 Å². The van der Waals surface area contributed by atoms with E-state index in [9.17, 15) is 13.2 Å². The van der Waals surface area contributed by atoms with Gasteiger partial charge in [-0.05, 0) is 55.2 Å². The molecule has 2 heterocycles. The standard InChI is InChI=1S/C22H26ClN5O4S/c1-32-12-4-10-27-20-9-8-18(14-19(20)25-26-27)33(30,31)28-11-3-7-21(28)22(29)24-15-16-5-2-6-17(23)13-16/h2,5-6,8-9,13-14,21H,3-4,7,10-12,15H2,1H3,(H,24,29)/t21-/m1/s1. The Labute approximate surface area is 197 Å². The molecule has 0 aliphatic carbocycles. The molecule has 0 spiro atoms. The number of amides is 1. The van der Waals surface area contributed by atoms with Gasteiger partial charge in [0.15, 0.2) is 0 Å². The molecule has 176 valence electrons. The number of nitrogens with zero attached hydrogens (tertiary/aromatic N) is 4. The van der Waals surface area contributed by atoms with Crippen molar-refractivity contribution in [3.05, 3.63) is 53.1 Å². The average Bonchev–Trinajstić information content (AvgIpc) is 3.45. The molecule has 1 aliphatic rings. The fourth-order valence-electron chi connectivity index (χ4n) is 4.02. The predicted molar refractivity (Wildman–Crippen MR) is 124 cm³/mol. The lowest BCUT2D eigenvalue weighted by Gasteiger charge is -2.23. The van der Waals surface area contributed by atoms with Gasteiger partial charge in [-0.15, -0.1) is 5.10 Å². The summed E-state index contributed by atoms with van der Waals surface area (Å²) in [4.78, 5) is 13.0. The highest BCUT2D eigenvalue weighted by Crippen LogP contribution is 2.28. The summed E-state index contributed by atoms with van der Waals surface area (Å²) < 4.78 is 34.8. The molecule has 1 aromatic heterocycles. The first-order valence-electron chi connectivity index (χ1n) is 10.8. The Balaban J connectivity index is 1.49. The van der Waals surface area contributed by atoms with Crippen LogP contribution in [0.4, 0.5) is 0 Å². The molecule has 11 heteroatoms. The highest BCUT2D eigenvalue weighted by Gasteiger charge is 2.39. The number of benzene rings is 2. The molecule has 9 nitrogen and oxygen atoms in total. The van der Waals surface area contributed by atoms with Crippen LogP contribution in [0, 0.1) is 0 Å². The maximum atomic E-state index is 13.4. The Morgan fingerprint density at radius 2 is 2.12 bits per heavy atom. The minimum Gasteiger partial charge on any atom is -0.385 e. The van der Waals surface area contributed by atoms with Gasteiger partial charge in [-0.1, -0.05) is 28.9 Å². The fourth-order valence-corrected chi connectivity index (χ4v) is 5.91. The molecule has 0 bridgehead atoms. The quantitative estimate of drug-likeness (QED) is 0.461. The van der Waals surface area contributed by atoms with Crippen molar-refractivity contribution in [2.24, 2.45) is 0 Å². The van der Waals surface area contributed by atoms with Crippen molar-refractivity contribution in [2.45, 2.75) is 43.3 Å². The van der Waals surface area contributed by atoms with E-state index in [1.54, 1.807) is 42.1 Å². The van der Waals surface area contributed by atoms with Crippen LogP contribution < -0.4 is 5.32 Å². The summed E-state index contributed by atoms with van der Waals surface area (Å²) in [5.74, 6) is -0.318. The third kappa shape index (κ3) is 5.19. The van der Waals surface area contributed by atoms with Crippen LogP contribution in [0.3, 0.4) is 0 Å². The van der Waals surface area contributed by atoms with Crippen LogP contribution in [-0.4, -0.2) is 59.9 Å². The van der Waals surface area contributed by atoms with Crippen molar-refractivity contribution in [1.29, 1.82) is 0 Å². The molecule has 1 aliphatic heterocycles. The summed E-state index contributed by atoms with van der Waals surface area (Å²) in [6.07, 6.45) is 1.86. The van der Waals surface area contributed by atoms with Gasteiger partial charge in [-0.3, -0.25) is 4.79 Å². The number of carbonyl (C=O) groups excluding carboxylic acids is 1. The molecule has 4 rings (SSSR count). The van der Waals surface area contributed by atoms with Crippen molar-refractivity contribution in [1.82, 2.24) is 24.6 Å². The molecule has 0 unspecified atom stereocenters. The lowest BCUT2D eigenvalue weighted by molar-refractivity contribution is -0.124. The first kappa shape index (κ1) is 23.6. The molecule has 1 atom stereocenters. The normalized spacial score (nSPS) is 17.0. The van der Waals surface area contributed by atoms with Gasteiger partial charge < -0.3 is 10.1 Å². The van der Waals surface area contributed by atoms with Crippen LogP contribution in [0.25, 0.3) is 11.0 Å². The van der Waals surface area contributed by atoms with Crippen molar-refractivity contribution < 1.29 is 17.9 Å². The Bertz CT molecular complexity index is 1250. The molecule has 1 fully saturated rings. The average molecular weight is 492 g/mol. The van der Waals surface area contributed by atoms with E-state index >= 15 is 0 Å². The van der Waals surface area contributed by atoms with Crippen LogP contribution in [-0.2, 0) is 32.6 Å². The van der Waals surface area contributed by atoms with E-state index < -0.39 is 16.1 Å². The topological polar surface area (TPSA) is 106 Å². The monoisotopic (exact) mass is 491 g/mol. The molecule has 0 saturated carbocycles.